The molecule has 1 saturated heterocycles. The second kappa shape index (κ2) is 10.4. The van der Waals surface area contributed by atoms with Crippen molar-refractivity contribution in [2.24, 2.45) is 0 Å². The molecule has 1 aromatic heterocycles. The number of rotatable bonds is 7. The Kier molecular flexibility index (Phi) is 8.24. The summed E-state index contributed by atoms with van der Waals surface area (Å²) in [6.07, 6.45) is 0. The molecule has 1 unspecified atom stereocenters. The Morgan fingerprint density at radius 2 is 2.21 bits per heavy atom. The summed E-state index contributed by atoms with van der Waals surface area (Å²) in [5.41, 5.74) is 0.723. The van der Waals surface area contributed by atoms with Crippen molar-refractivity contribution in [2.75, 3.05) is 40.4 Å². The van der Waals surface area contributed by atoms with E-state index in [0.717, 1.165) is 25.2 Å². The SMILES string of the molecule is COc1cc(-c2nc(C3CNCCN3C)no2)ccc1OCC(=O)NC(C)C.Cl. The number of piperazine rings is 1. The van der Waals surface area contributed by atoms with Gasteiger partial charge in [0.1, 0.15) is 0 Å². The first-order chi connectivity index (χ1) is 13.5. The molecule has 0 aliphatic carbocycles. The fraction of sp³-hybridized carbons (Fsp3) is 0.526. The number of nitrogens with zero attached hydrogens (tertiary/aromatic N) is 3. The number of ether oxygens (including phenoxy) is 2. The molecule has 29 heavy (non-hydrogen) atoms. The lowest BCUT2D eigenvalue weighted by Crippen LogP contribution is -2.44. The van der Waals surface area contributed by atoms with Crippen LogP contribution in [-0.4, -0.2) is 67.4 Å². The molecule has 9 nitrogen and oxygen atoms in total. The van der Waals surface area contributed by atoms with Crippen LogP contribution in [0.3, 0.4) is 0 Å². The van der Waals surface area contributed by atoms with E-state index in [1.54, 1.807) is 25.3 Å². The van der Waals surface area contributed by atoms with E-state index in [1.165, 1.54) is 0 Å². The predicted octanol–water partition coefficient (Wildman–Crippen LogP) is 1.65. The van der Waals surface area contributed by atoms with Crippen LogP contribution >= 0.6 is 12.4 Å². The molecule has 0 bridgehead atoms. The highest BCUT2D eigenvalue weighted by Gasteiger charge is 2.25. The summed E-state index contributed by atoms with van der Waals surface area (Å²) in [6.45, 7) is 6.37. The minimum atomic E-state index is -0.187. The van der Waals surface area contributed by atoms with Crippen molar-refractivity contribution >= 4 is 18.3 Å². The van der Waals surface area contributed by atoms with Crippen LogP contribution in [0.2, 0.25) is 0 Å². The van der Waals surface area contributed by atoms with Gasteiger partial charge in [-0.1, -0.05) is 5.16 Å². The summed E-state index contributed by atoms with van der Waals surface area (Å²) < 4.78 is 16.4. The van der Waals surface area contributed by atoms with Crippen LogP contribution in [0.25, 0.3) is 11.5 Å². The molecule has 0 radical (unpaired) electrons. The van der Waals surface area contributed by atoms with Gasteiger partial charge in [0.25, 0.3) is 11.8 Å². The van der Waals surface area contributed by atoms with Gasteiger partial charge < -0.3 is 24.6 Å². The Labute approximate surface area is 176 Å². The Balaban J connectivity index is 0.00000300. The Morgan fingerprint density at radius 1 is 1.41 bits per heavy atom. The number of amides is 1. The van der Waals surface area contributed by atoms with Crippen molar-refractivity contribution in [2.45, 2.75) is 25.9 Å². The fourth-order valence-corrected chi connectivity index (χ4v) is 3.01. The number of carbonyl (C=O) groups excluding carboxylic acids is 1. The Hall–Kier alpha value is -2.36. The minimum Gasteiger partial charge on any atom is -0.493 e. The monoisotopic (exact) mass is 425 g/mol. The van der Waals surface area contributed by atoms with Gasteiger partial charge in [-0.05, 0) is 39.1 Å². The molecule has 10 heteroatoms. The summed E-state index contributed by atoms with van der Waals surface area (Å²) in [6, 6.07) is 5.43. The fourth-order valence-electron chi connectivity index (χ4n) is 3.01. The number of nitrogens with one attached hydrogen (secondary N) is 2. The number of hydrogen-bond acceptors (Lipinski definition) is 8. The van der Waals surface area contributed by atoms with E-state index in [4.69, 9.17) is 14.0 Å². The van der Waals surface area contributed by atoms with E-state index in [-0.39, 0.29) is 37.0 Å². The highest BCUT2D eigenvalue weighted by atomic mass is 35.5. The molecule has 1 aromatic carbocycles. The predicted molar refractivity (Wildman–Crippen MR) is 111 cm³/mol. The van der Waals surface area contributed by atoms with Crippen molar-refractivity contribution in [1.82, 2.24) is 25.7 Å². The van der Waals surface area contributed by atoms with Crippen LogP contribution in [0.5, 0.6) is 11.5 Å². The molecule has 1 amide bonds. The van der Waals surface area contributed by atoms with Crippen molar-refractivity contribution in [3.05, 3.63) is 24.0 Å². The molecule has 1 fully saturated rings. The van der Waals surface area contributed by atoms with Gasteiger partial charge in [0.2, 0.25) is 0 Å². The molecule has 2 N–H and O–H groups in total. The molecule has 2 aromatic rings. The van der Waals surface area contributed by atoms with Gasteiger partial charge in [-0.25, -0.2) is 0 Å². The quantitative estimate of drug-likeness (QED) is 0.690. The molecular formula is C19H28ClN5O4. The van der Waals surface area contributed by atoms with Gasteiger partial charge in [0.15, 0.2) is 23.9 Å². The molecule has 2 heterocycles. The van der Waals surface area contributed by atoms with Crippen molar-refractivity contribution < 1.29 is 18.8 Å². The van der Waals surface area contributed by atoms with Crippen LogP contribution in [0.15, 0.2) is 22.7 Å². The smallest absolute Gasteiger partial charge is 0.258 e. The number of carbonyl (C=O) groups is 1. The molecule has 0 saturated carbocycles. The van der Waals surface area contributed by atoms with Crippen LogP contribution in [0.4, 0.5) is 0 Å². The van der Waals surface area contributed by atoms with E-state index < -0.39 is 0 Å². The third kappa shape index (κ3) is 5.81. The molecule has 160 valence electrons. The standard InChI is InChI=1S/C19H27N5O4.ClH/c1-12(2)21-17(25)11-27-15-6-5-13(9-16(15)26-4)19-22-18(23-28-19)14-10-20-7-8-24(14)3;/h5-6,9,12,14,20H,7-8,10-11H2,1-4H3,(H,21,25);1H. The molecule has 3 rings (SSSR count). The zero-order valence-electron chi connectivity index (χ0n) is 17.1. The van der Waals surface area contributed by atoms with E-state index in [2.05, 4.69) is 25.7 Å². The minimum absolute atomic E-state index is 0. The summed E-state index contributed by atoms with van der Waals surface area (Å²) in [7, 11) is 3.59. The van der Waals surface area contributed by atoms with Crippen molar-refractivity contribution in [1.29, 1.82) is 0 Å². The summed E-state index contributed by atoms with van der Waals surface area (Å²) in [4.78, 5) is 18.5. The van der Waals surface area contributed by atoms with Crippen LogP contribution in [0, 0.1) is 0 Å². The second-order valence-electron chi connectivity index (χ2n) is 7.03. The summed E-state index contributed by atoms with van der Waals surface area (Å²) in [5.74, 6) is 1.84. The lowest BCUT2D eigenvalue weighted by molar-refractivity contribution is -0.123. The van der Waals surface area contributed by atoms with Gasteiger partial charge in [-0.15, -0.1) is 12.4 Å². The molecule has 1 atom stereocenters. The van der Waals surface area contributed by atoms with E-state index in [9.17, 15) is 4.79 Å². The maximum atomic E-state index is 11.8. The van der Waals surface area contributed by atoms with Gasteiger partial charge in [-0.2, -0.15) is 4.98 Å². The van der Waals surface area contributed by atoms with Gasteiger partial charge in [0.05, 0.1) is 13.2 Å². The van der Waals surface area contributed by atoms with E-state index in [1.807, 2.05) is 20.9 Å². The molecule has 0 spiro atoms. The number of methoxy groups -OCH3 is 1. The zero-order chi connectivity index (χ0) is 20.1. The molecule has 1 aliphatic heterocycles. The van der Waals surface area contributed by atoms with Crippen molar-refractivity contribution in [3.8, 4) is 23.0 Å². The van der Waals surface area contributed by atoms with Gasteiger partial charge >= 0.3 is 0 Å². The number of halogens is 1. The lowest BCUT2D eigenvalue weighted by atomic mass is 10.2. The van der Waals surface area contributed by atoms with Crippen LogP contribution < -0.4 is 20.1 Å². The van der Waals surface area contributed by atoms with Crippen LogP contribution in [0.1, 0.15) is 25.7 Å². The molecular weight excluding hydrogens is 398 g/mol. The lowest BCUT2D eigenvalue weighted by Gasteiger charge is -2.30. The number of benzene rings is 1. The largest absolute Gasteiger partial charge is 0.493 e. The average molecular weight is 426 g/mol. The first kappa shape index (κ1) is 22.9. The highest BCUT2D eigenvalue weighted by Crippen LogP contribution is 2.32. The number of likely N-dealkylation sites (N-methyl/N-ethyl adjacent to an activating group) is 1. The van der Waals surface area contributed by atoms with Crippen LogP contribution in [-0.2, 0) is 4.79 Å². The number of hydrogen-bond donors (Lipinski definition) is 2. The maximum absolute atomic E-state index is 11.8. The van der Waals surface area contributed by atoms with E-state index >= 15 is 0 Å². The van der Waals surface area contributed by atoms with Gasteiger partial charge in [-0.3, -0.25) is 9.69 Å². The van der Waals surface area contributed by atoms with Crippen molar-refractivity contribution in [3.63, 3.8) is 0 Å². The first-order valence-electron chi connectivity index (χ1n) is 9.33. The third-order valence-electron chi connectivity index (χ3n) is 4.47. The normalized spacial score (nSPS) is 16.9. The molecule has 1 aliphatic rings. The number of aromatic nitrogens is 2. The summed E-state index contributed by atoms with van der Waals surface area (Å²) >= 11 is 0. The first-order valence-corrected chi connectivity index (χ1v) is 9.33. The highest BCUT2D eigenvalue weighted by molar-refractivity contribution is 5.85. The summed E-state index contributed by atoms with van der Waals surface area (Å²) in [5, 5.41) is 10.3. The topological polar surface area (TPSA) is 102 Å². The average Bonchev–Trinajstić information content (AvgIpc) is 3.16. The Bertz CT molecular complexity index is 814. The third-order valence-corrected chi connectivity index (χ3v) is 4.47. The maximum Gasteiger partial charge on any atom is 0.258 e. The van der Waals surface area contributed by atoms with Gasteiger partial charge in [0, 0.05) is 31.2 Å². The second-order valence-corrected chi connectivity index (χ2v) is 7.03. The zero-order valence-corrected chi connectivity index (χ0v) is 17.9. The van der Waals surface area contributed by atoms with E-state index in [0.29, 0.717) is 23.2 Å². The Morgan fingerprint density at radius 3 is 2.90 bits per heavy atom.